The number of hydrogen-bond acceptors (Lipinski definition) is 2. The summed E-state index contributed by atoms with van der Waals surface area (Å²) >= 11 is 0. The lowest BCUT2D eigenvalue weighted by Gasteiger charge is -2.20. The van der Waals surface area contributed by atoms with Crippen LogP contribution in [0, 0.1) is 23.4 Å². The summed E-state index contributed by atoms with van der Waals surface area (Å²) in [5, 5.41) is 3.33. The van der Waals surface area contributed by atoms with Crippen molar-refractivity contribution in [2.45, 2.75) is 26.3 Å². The number of nitrogens with one attached hydrogen (secondary N) is 1. The molecule has 0 amide bonds. The molecule has 1 aliphatic heterocycles. The summed E-state index contributed by atoms with van der Waals surface area (Å²) < 4.78 is 40.0. The molecule has 1 atom stereocenters. The Bertz CT molecular complexity index is 449. The van der Waals surface area contributed by atoms with Crippen LogP contribution in [0.15, 0.2) is 12.1 Å². The van der Waals surface area contributed by atoms with Gasteiger partial charge in [-0.05, 0) is 18.9 Å². The third kappa shape index (κ3) is 3.41. The number of anilines is 1. The van der Waals surface area contributed by atoms with Gasteiger partial charge in [-0.1, -0.05) is 13.8 Å². The van der Waals surface area contributed by atoms with Crippen molar-refractivity contribution in [3.8, 4) is 0 Å². The molecule has 1 aromatic rings. The van der Waals surface area contributed by atoms with Gasteiger partial charge in [0.05, 0.1) is 5.69 Å². The molecule has 106 valence electrons. The molecule has 1 aliphatic rings. The van der Waals surface area contributed by atoms with Crippen molar-refractivity contribution in [1.82, 2.24) is 5.32 Å². The fraction of sp³-hybridized carbons (Fsp3) is 0.571. The standard InChI is InChI=1S/C14H19F3N2/c1-9(2)18-7-10-3-4-19(8-10)13-6-11(15)5-12(16)14(13)17/h5-6,9-10,18H,3-4,7-8H2,1-2H3. The molecule has 1 N–H and O–H groups in total. The maximum atomic E-state index is 13.7. The number of rotatable bonds is 4. The van der Waals surface area contributed by atoms with Crippen LogP contribution in [0.4, 0.5) is 18.9 Å². The van der Waals surface area contributed by atoms with Crippen molar-refractivity contribution in [3.63, 3.8) is 0 Å². The van der Waals surface area contributed by atoms with Crippen molar-refractivity contribution >= 4 is 5.69 Å². The van der Waals surface area contributed by atoms with Gasteiger partial charge in [-0.25, -0.2) is 13.2 Å². The zero-order valence-corrected chi connectivity index (χ0v) is 11.2. The minimum Gasteiger partial charge on any atom is -0.369 e. The lowest BCUT2D eigenvalue weighted by molar-refractivity contribution is 0.477. The van der Waals surface area contributed by atoms with Crippen LogP contribution in [-0.4, -0.2) is 25.7 Å². The highest BCUT2D eigenvalue weighted by Gasteiger charge is 2.26. The SMILES string of the molecule is CC(C)NCC1CCN(c2cc(F)cc(F)c2F)C1. The molecule has 1 saturated heterocycles. The largest absolute Gasteiger partial charge is 0.369 e. The fourth-order valence-electron chi connectivity index (χ4n) is 2.39. The Kier molecular flexibility index (Phi) is 4.34. The first-order chi connectivity index (χ1) is 8.97. The van der Waals surface area contributed by atoms with Gasteiger partial charge in [-0.3, -0.25) is 0 Å². The van der Waals surface area contributed by atoms with Crippen molar-refractivity contribution in [2.24, 2.45) is 5.92 Å². The summed E-state index contributed by atoms with van der Waals surface area (Å²) in [7, 11) is 0. The van der Waals surface area contributed by atoms with Crippen LogP contribution in [-0.2, 0) is 0 Å². The van der Waals surface area contributed by atoms with E-state index >= 15 is 0 Å². The van der Waals surface area contributed by atoms with Crippen LogP contribution in [0.2, 0.25) is 0 Å². The van der Waals surface area contributed by atoms with Gasteiger partial charge in [-0.15, -0.1) is 0 Å². The highest BCUT2D eigenvalue weighted by Crippen LogP contribution is 2.28. The second kappa shape index (κ2) is 5.82. The predicted octanol–water partition coefficient (Wildman–Crippen LogP) is 2.93. The minimum absolute atomic E-state index is 0.0320. The van der Waals surface area contributed by atoms with E-state index in [0.717, 1.165) is 19.0 Å². The van der Waals surface area contributed by atoms with E-state index < -0.39 is 17.5 Å². The molecule has 1 fully saturated rings. The summed E-state index contributed by atoms with van der Waals surface area (Å²) in [4.78, 5) is 1.72. The molecule has 2 nitrogen and oxygen atoms in total. The van der Waals surface area contributed by atoms with E-state index in [1.165, 1.54) is 0 Å². The molecule has 0 bridgehead atoms. The van der Waals surface area contributed by atoms with Gasteiger partial charge >= 0.3 is 0 Å². The molecule has 5 heteroatoms. The van der Waals surface area contributed by atoms with E-state index in [0.29, 0.717) is 31.1 Å². The number of nitrogens with zero attached hydrogens (tertiary/aromatic N) is 1. The molecule has 0 aromatic heterocycles. The minimum atomic E-state index is -1.13. The van der Waals surface area contributed by atoms with Gasteiger partial charge in [0.25, 0.3) is 0 Å². The predicted molar refractivity (Wildman–Crippen MR) is 69.8 cm³/mol. The maximum absolute atomic E-state index is 13.7. The van der Waals surface area contributed by atoms with Gasteiger partial charge in [0.1, 0.15) is 5.82 Å². The summed E-state index contributed by atoms with van der Waals surface area (Å²) in [6.45, 7) is 6.22. The van der Waals surface area contributed by atoms with Crippen molar-refractivity contribution in [3.05, 3.63) is 29.6 Å². The van der Waals surface area contributed by atoms with E-state index in [1.807, 2.05) is 0 Å². The van der Waals surface area contributed by atoms with Crippen molar-refractivity contribution in [1.29, 1.82) is 0 Å². The number of benzene rings is 1. The van der Waals surface area contributed by atoms with Crippen LogP contribution < -0.4 is 10.2 Å². The van der Waals surface area contributed by atoms with E-state index in [2.05, 4.69) is 19.2 Å². The van der Waals surface area contributed by atoms with E-state index in [1.54, 1.807) is 4.90 Å². The molecule has 1 aromatic carbocycles. The van der Waals surface area contributed by atoms with Crippen LogP contribution in [0.5, 0.6) is 0 Å². The molecule has 0 saturated carbocycles. The molecule has 0 radical (unpaired) electrons. The first-order valence-corrected chi connectivity index (χ1v) is 6.60. The second-order valence-corrected chi connectivity index (χ2v) is 5.38. The summed E-state index contributed by atoms with van der Waals surface area (Å²) in [6.07, 6.45) is 0.900. The molecule has 19 heavy (non-hydrogen) atoms. The van der Waals surface area contributed by atoms with Crippen LogP contribution in [0.25, 0.3) is 0 Å². The Morgan fingerprint density at radius 2 is 2.05 bits per heavy atom. The Morgan fingerprint density at radius 1 is 1.32 bits per heavy atom. The lowest BCUT2D eigenvalue weighted by atomic mass is 10.1. The van der Waals surface area contributed by atoms with Gasteiger partial charge in [-0.2, -0.15) is 0 Å². The highest BCUT2D eigenvalue weighted by molar-refractivity contribution is 5.49. The average molecular weight is 272 g/mol. The Balaban J connectivity index is 2.04. The molecule has 1 unspecified atom stereocenters. The number of hydrogen-bond donors (Lipinski definition) is 1. The fourth-order valence-corrected chi connectivity index (χ4v) is 2.39. The van der Waals surface area contributed by atoms with Crippen LogP contribution in [0.3, 0.4) is 0 Å². The first kappa shape index (κ1) is 14.2. The molecule has 0 spiro atoms. The third-order valence-electron chi connectivity index (χ3n) is 3.42. The Labute approximate surface area is 111 Å². The smallest absolute Gasteiger partial charge is 0.182 e. The van der Waals surface area contributed by atoms with Crippen LogP contribution >= 0.6 is 0 Å². The average Bonchev–Trinajstić information content (AvgIpc) is 2.79. The molecule has 1 heterocycles. The van der Waals surface area contributed by atoms with Crippen molar-refractivity contribution in [2.75, 3.05) is 24.5 Å². The van der Waals surface area contributed by atoms with Crippen LogP contribution in [0.1, 0.15) is 20.3 Å². The molecule has 0 aliphatic carbocycles. The number of halogens is 3. The summed E-state index contributed by atoms with van der Waals surface area (Å²) in [6, 6.07) is 2.04. The Hall–Kier alpha value is -1.23. The van der Waals surface area contributed by atoms with Gasteiger partial charge < -0.3 is 10.2 Å². The topological polar surface area (TPSA) is 15.3 Å². The molecular weight excluding hydrogens is 253 g/mol. The van der Waals surface area contributed by atoms with E-state index in [4.69, 9.17) is 0 Å². The first-order valence-electron chi connectivity index (χ1n) is 6.60. The zero-order chi connectivity index (χ0) is 14.0. The monoisotopic (exact) mass is 272 g/mol. The normalized spacial score (nSPS) is 19.5. The summed E-state index contributed by atoms with van der Waals surface area (Å²) in [5.74, 6) is -2.44. The van der Waals surface area contributed by atoms with Gasteiger partial charge in [0.2, 0.25) is 0 Å². The highest BCUT2D eigenvalue weighted by atomic mass is 19.2. The van der Waals surface area contributed by atoms with E-state index in [-0.39, 0.29) is 5.69 Å². The van der Waals surface area contributed by atoms with E-state index in [9.17, 15) is 13.2 Å². The van der Waals surface area contributed by atoms with Crippen molar-refractivity contribution < 1.29 is 13.2 Å². The quantitative estimate of drug-likeness (QED) is 0.848. The molecule has 2 rings (SSSR count). The Morgan fingerprint density at radius 3 is 2.74 bits per heavy atom. The third-order valence-corrected chi connectivity index (χ3v) is 3.42. The lowest BCUT2D eigenvalue weighted by Crippen LogP contribution is -2.31. The maximum Gasteiger partial charge on any atom is 0.182 e. The molecular formula is C14H19F3N2. The van der Waals surface area contributed by atoms with Gasteiger partial charge in [0, 0.05) is 31.3 Å². The van der Waals surface area contributed by atoms with Gasteiger partial charge in [0.15, 0.2) is 11.6 Å². The zero-order valence-electron chi connectivity index (χ0n) is 11.2. The second-order valence-electron chi connectivity index (χ2n) is 5.38. The summed E-state index contributed by atoms with van der Waals surface area (Å²) in [5.41, 5.74) is 0.0320.